The predicted molar refractivity (Wildman–Crippen MR) is 85.6 cm³/mol. The lowest BCUT2D eigenvalue weighted by atomic mass is 10.1. The zero-order valence-corrected chi connectivity index (χ0v) is 13.9. The molecule has 1 aromatic carbocycles. The number of hydrogen-bond donors (Lipinski definition) is 0. The molecule has 1 amide bonds. The Kier molecular flexibility index (Phi) is 4.89. The van der Waals surface area contributed by atoms with Gasteiger partial charge in [0.25, 0.3) is 0 Å². The second-order valence-corrected chi connectivity index (χ2v) is 5.83. The molecule has 2 aromatic rings. The molecule has 1 atom stereocenters. The molecule has 0 saturated carbocycles. The molecule has 24 heavy (non-hydrogen) atoms. The Hall–Kier alpha value is -2.28. The lowest BCUT2D eigenvalue weighted by Crippen LogP contribution is -2.42. The average Bonchev–Trinajstić information content (AvgIpc) is 2.99. The maximum atomic E-state index is 13.0. The predicted octanol–water partition coefficient (Wildman–Crippen LogP) is 2.10. The third-order valence-corrected chi connectivity index (χ3v) is 4.29. The Morgan fingerprint density at radius 1 is 1.29 bits per heavy atom. The van der Waals surface area contributed by atoms with Crippen molar-refractivity contribution in [3.63, 3.8) is 0 Å². The van der Waals surface area contributed by atoms with E-state index < -0.39 is 0 Å². The summed E-state index contributed by atoms with van der Waals surface area (Å²) in [6.07, 6.45) is 0.255. The number of halogens is 1. The lowest BCUT2D eigenvalue weighted by Gasteiger charge is -2.33. The zero-order chi connectivity index (χ0) is 17.1. The molecule has 0 N–H and O–H groups in total. The normalized spacial score (nSPS) is 17.0. The SMILES string of the molecule is CCOCc1nnc2n1CCN(C(=O)Cc1ccc(F)cc1)[C@H]2C. The molecule has 0 fully saturated rings. The summed E-state index contributed by atoms with van der Waals surface area (Å²) in [5.74, 6) is 1.29. The van der Waals surface area contributed by atoms with Crippen LogP contribution in [0.25, 0.3) is 0 Å². The molecule has 1 aromatic heterocycles. The highest BCUT2D eigenvalue weighted by molar-refractivity contribution is 5.79. The summed E-state index contributed by atoms with van der Waals surface area (Å²) in [6, 6.07) is 5.89. The van der Waals surface area contributed by atoms with Crippen LogP contribution in [0.4, 0.5) is 4.39 Å². The van der Waals surface area contributed by atoms with Gasteiger partial charge in [0.1, 0.15) is 12.4 Å². The van der Waals surface area contributed by atoms with Crippen LogP contribution >= 0.6 is 0 Å². The van der Waals surface area contributed by atoms with Gasteiger partial charge in [0.15, 0.2) is 11.6 Å². The van der Waals surface area contributed by atoms with E-state index in [1.165, 1.54) is 12.1 Å². The number of rotatable bonds is 5. The summed E-state index contributed by atoms with van der Waals surface area (Å²) in [6.45, 7) is 6.20. The summed E-state index contributed by atoms with van der Waals surface area (Å²) in [5, 5.41) is 8.41. The Balaban J connectivity index is 1.71. The molecule has 1 aliphatic heterocycles. The van der Waals surface area contributed by atoms with Crippen LogP contribution in [0.3, 0.4) is 0 Å². The monoisotopic (exact) mass is 332 g/mol. The van der Waals surface area contributed by atoms with Crippen molar-refractivity contribution in [1.82, 2.24) is 19.7 Å². The largest absolute Gasteiger partial charge is 0.374 e. The van der Waals surface area contributed by atoms with Crippen molar-refractivity contribution < 1.29 is 13.9 Å². The first kappa shape index (κ1) is 16.6. The van der Waals surface area contributed by atoms with Crippen LogP contribution < -0.4 is 0 Å². The van der Waals surface area contributed by atoms with E-state index in [9.17, 15) is 9.18 Å². The molecule has 7 heteroatoms. The second kappa shape index (κ2) is 7.09. The highest BCUT2D eigenvalue weighted by Gasteiger charge is 2.31. The van der Waals surface area contributed by atoms with Crippen molar-refractivity contribution in [3.8, 4) is 0 Å². The highest BCUT2D eigenvalue weighted by atomic mass is 19.1. The fourth-order valence-electron chi connectivity index (χ4n) is 2.96. The minimum absolute atomic E-state index is 0.00900. The van der Waals surface area contributed by atoms with Crippen LogP contribution in [0.1, 0.15) is 37.1 Å². The van der Waals surface area contributed by atoms with E-state index >= 15 is 0 Å². The van der Waals surface area contributed by atoms with Gasteiger partial charge in [-0.15, -0.1) is 10.2 Å². The van der Waals surface area contributed by atoms with Crippen LogP contribution in [0.5, 0.6) is 0 Å². The number of amides is 1. The molecule has 0 bridgehead atoms. The topological polar surface area (TPSA) is 60.3 Å². The molecule has 3 rings (SSSR count). The van der Waals surface area contributed by atoms with Gasteiger partial charge in [0.05, 0.1) is 12.5 Å². The molecule has 2 heterocycles. The van der Waals surface area contributed by atoms with Crippen LogP contribution in [-0.4, -0.2) is 38.7 Å². The maximum absolute atomic E-state index is 13.0. The number of aromatic nitrogens is 3. The summed E-state index contributed by atoms with van der Waals surface area (Å²) < 4.78 is 20.4. The van der Waals surface area contributed by atoms with E-state index in [0.29, 0.717) is 26.3 Å². The number of benzene rings is 1. The molecule has 0 saturated heterocycles. The number of carbonyl (C=O) groups excluding carboxylic acids is 1. The summed E-state index contributed by atoms with van der Waals surface area (Å²) in [7, 11) is 0. The van der Waals surface area contributed by atoms with E-state index in [2.05, 4.69) is 10.2 Å². The van der Waals surface area contributed by atoms with Crippen LogP contribution in [-0.2, 0) is 29.1 Å². The average molecular weight is 332 g/mol. The molecule has 0 radical (unpaired) electrons. The molecular formula is C17H21FN4O2. The van der Waals surface area contributed by atoms with E-state index in [1.54, 1.807) is 17.0 Å². The highest BCUT2D eigenvalue weighted by Crippen LogP contribution is 2.25. The van der Waals surface area contributed by atoms with Gasteiger partial charge >= 0.3 is 0 Å². The van der Waals surface area contributed by atoms with E-state index in [1.807, 2.05) is 18.4 Å². The summed E-state index contributed by atoms with van der Waals surface area (Å²) in [4.78, 5) is 14.4. The van der Waals surface area contributed by atoms with Gasteiger partial charge in [-0.2, -0.15) is 0 Å². The first-order valence-corrected chi connectivity index (χ1v) is 8.13. The van der Waals surface area contributed by atoms with E-state index in [4.69, 9.17) is 4.74 Å². The number of hydrogen-bond acceptors (Lipinski definition) is 4. The number of nitrogens with zero attached hydrogens (tertiary/aromatic N) is 4. The standard InChI is InChI=1S/C17H21FN4O2/c1-3-24-11-15-19-20-17-12(2)21(8-9-22(15)17)16(23)10-13-4-6-14(18)7-5-13/h4-7,12H,3,8-11H2,1-2H3/t12-/m0/s1. The second-order valence-electron chi connectivity index (χ2n) is 5.83. The number of carbonyl (C=O) groups is 1. The third kappa shape index (κ3) is 3.31. The van der Waals surface area contributed by atoms with Crippen LogP contribution in [0, 0.1) is 5.82 Å². The minimum Gasteiger partial charge on any atom is -0.374 e. The fraction of sp³-hybridized carbons (Fsp3) is 0.471. The molecule has 6 nitrogen and oxygen atoms in total. The lowest BCUT2D eigenvalue weighted by molar-refractivity contribution is -0.133. The van der Waals surface area contributed by atoms with Gasteiger partial charge in [-0.3, -0.25) is 4.79 Å². The Morgan fingerprint density at radius 2 is 2.04 bits per heavy atom. The van der Waals surface area contributed by atoms with Crippen LogP contribution in [0.15, 0.2) is 24.3 Å². The Labute approximate surface area is 140 Å². The fourth-order valence-corrected chi connectivity index (χ4v) is 2.96. The van der Waals surface area contributed by atoms with Gasteiger partial charge in [-0.05, 0) is 31.5 Å². The van der Waals surface area contributed by atoms with Gasteiger partial charge in [0, 0.05) is 19.7 Å². The molecular weight excluding hydrogens is 311 g/mol. The number of fused-ring (bicyclic) bond motifs is 1. The molecule has 128 valence electrons. The first-order chi connectivity index (χ1) is 11.6. The van der Waals surface area contributed by atoms with Gasteiger partial charge in [-0.25, -0.2) is 4.39 Å². The molecule has 0 unspecified atom stereocenters. The van der Waals surface area contributed by atoms with Crippen molar-refractivity contribution in [2.75, 3.05) is 13.2 Å². The van der Waals surface area contributed by atoms with E-state index in [0.717, 1.165) is 17.2 Å². The Morgan fingerprint density at radius 3 is 2.75 bits per heavy atom. The smallest absolute Gasteiger partial charge is 0.227 e. The number of ether oxygens (including phenoxy) is 1. The van der Waals surface area contributed by atoms with E-state index in [-0.39, 0.29) is 24.2 Å². The zero-order valence-electron chi connectivity index (χ0n) is 13.9. The Bertz CT molecular complexity index is 714. The van der Waals surface area contributed by atoms with Gasteiger partial charge < -0.3 is 14.2 Å². The van der Waals surface area contributed by atoms with Crippen molar-refractivity contribution in [3.05, 3.63) is 47.3 Å². The van der Waals surface area contributed by atoms with Gasteiger partial charge in [0.2, 0.25) is 5.91 Å². The summed E-state index contributed by atoms with van der Waals surface area (Å²) in [5.41, 5.74) is 0.803. The first-order valence-electron chi connectivity index (χ1n) is 8.13. The third-order valence-electron chi connectivity index (χ3n) is 4.29. The van der Waals surface area contributed by atoms with Crippen molar-refractivity contribution in [1.29, 1.82) is 0 Å². The maximum Gasteiger partial charge on any atom is 0.227 e. The molecule has 1 aliphatic rings. The van der Waals surface area contributed by atoms with Gasteiger partial charge in [-0.1, -0.05) is 12.1 Å². The van der Waals surface area contributed by atoms with Crippen LogP contribution in [0.2, 0.25) is 0 Å². The minimum atomic E-state index is -0.299. The summed E-state index contributed by atoms with van der Waals surface area (Å²) >= 11 is 0. The quantitative estimate of drug-likeness (QED) is 0.841. The molecule has 0 aliphatic carbocycles. The van der Waals surface area contributed by atoms with Crippen molar-refractivity contribution in [2.45, 2.75) is 39.5 Å². The molecule has 0 spiro atoms. The van der Waals surface area contributed by atoms with Crippen molar-refractivity contribution in [2.24, 2.45) is 0 Å². The van der Waals surface area contributed by atoms with Crippen molar-refractivity contribution >= 4 is 5.91 Å².